The number of nitrogens with one attached hydrogen (secondary N) is 1. The molecule has 4 heteroatoms. The first-order valence-corrected chi connectivity index (χ1v) is 8.56. The number of aliphatic carboxylic acids is 1. The molecule has 1 amide bonds. The average molecular weight is 295 g/mol. The summed E-state index contributed by atoms with van der Waals surface area (Å²) in [5, 5.41) is 12.1. The Hall–Kier alpha value is -1.06. The lowest BCUT2D eigenvalue weighted by molar-refractivity contribution is -0.144. The highest BCUT2D eigenvalue weighted by Crippen LogP contribution is 2.42. The number of hydrogen-bond donors (Lipinski definition) is 2. The van der Waals surface area contributed by atoms with Crippen molar-refractivity contribution in [2.24, 2.45) is 23.7 Å². The Labute approximate surface area is 127 Å². The molecule has 2 aliphatic carbocycles. The van der Waals surface area contributed by atoms with Crippen LogP contribution in [0.3, 0.4) is 0 Å². The van der Waals surface area contributed by atoms with Gasteiger partial charge in [0.15, 0.2) is 0 Å². The standard InChI is InChI=1S/C17H29NO3/c1-3-11(2)15(17(20)21)18-16(19)14-9-8-12-6-4-5-7-13(12)10-14/h11-15H,3-10H2,1-2H3,(H,18,19)(H,20,21)/t11-,12?,13?,14?,15-/m0/s1. The van der Waals surface area contributed by atoms with E-state index in [2.05, 4.69) is 5.32 Å². The van der Waals surface area contributed by atoms with Gasteiger partial charge in [0.05, 0.1) is 0 Å². The largest absolute Gasteiger partial charge is 0.480 e. The molecule has 4 nitrogen and oxygen atoms in total. The molecule has 0 aromatic heterocycles. The van der Waals surface area contributed by atoms with Gasteiger partial charge in [0, 0.05) is 5.92 Å². The summed E-state index contributed by atoms with van der Waals surface area (Å²) in [6, 6.07) is -0.744. The summed E-state index contributed by atoms with van der Waals surface area (Å²) in [6.07, 6.45) is 9.00. The zero-order valence-corrected chi connectivity index (χ0v) is 13.3. The van der Waals surface area contributed by atoms with Crippen molar-refractivity contribution in [2.75, 3.05) is 0 Å². The van der Waals surface area contributed by atoms with E-state index in [1.807, 2.05) is 13.8 Å². The highest BCUT2D eigenvalue weighted by Gasteiger charge is 2.36. The molecule has 0 aliphatic heterocycles. The number of carbonyl (C=O) groups is 2. The summed E-state index contributed by atoms with van der Waals surface area (Å²) < 4.78 is 0. The van der Waals surface area contributed by atoms with E-state index in [4.69, 9.17) is 0 Å². The Morgan fingerprint density at radius 2 is 1.81 bits per heavy atom. The van der Waals surface area contributed by atoms with Crippen LogP contribution in [-0.2, 0) is 9.59 Å². The van der Waals surface area contributed by atoms with Gasteiger partial charge in [0.2, 0.25) is 5.91 Å². The minimum Gasteiger partial charge on any atom is -0.480 e. The van der Waals surface area contributed by atoms with E-state index in [-0.39, 0.29) is 17.7 Å². The molecular weight excluding hydrogens is 266 g/mol. The fourth-order valence-electron chi connectivity index (χ4n) is 4.07. The Balaban J connectivity index is 1.92. The maximum atomic E-state index is 12.4. The first-order valence-electron chi connectivity index (χ1n) is 8.56. The molecular formula is C17H29NO3. The van der Waals surface area contributed by atoms with E-state index in [1.165, 1.54) is 25.7 Å². The van der Waals surface area contributed by atoms with Crippen molar-refractivity contribution >= 4 is 11.9 Å². The molecule has 0 spiro atoms. The fourth-order valence-corrected chi connectivity index (χ4v) is 4.07. The van der Waals surface area contributed by atoms with Gasteiger partial charge >= 0.3 is 5.97 Å². The maximum absolute atomic E-state index is 12.4. The van der Waals surface area contributed by atoms with Crippen LogP contribution in [0.2, 0.25) is 0 Å². The third kappa shape index (κ3) is 3.98. The van der Waals surface area contributed by atoms with E-state index >= 15 is 0 Å². The number of carboxylic acids is 1. The summed E-state index contributed by atoms with van der Waals surface area (Å²) in [5.41, 5.74) is 0. The normalized spacial score (nSPS) is 31.8. The zero-order valence-electron chi connectivity index (χ0n) is 13.3. The van der Waals surface area contributed by atoms with Gasteiger partial charge < -0.3 is 10.4 Å². The Kier molecular flexibility index (Phi) is 5.65. The number of carbonyl (C=O) groups excluding carboxylic acids is 1. The van der Waals surface area contributed by atoms with Crippen molar-refractivity contribution in [1.29, 1.82) is 0 Å². The van der Waals surface area contributed by atoms with Gasteiger partial charge in [0.1, 0.15) is 6.04 Å². The first kappa shape index (κ1) is 16.3. The van der Waals surface area contributed by atoms with Crippen LogP contribution in [0.15, 0.2) is 0 Å². The number of amides is 1. The van der Waals surface area contributed by atoms with Gasteiger partial charge in [-0.2, -0.15) is 0 Å². The van der Waals surface area contributed by atoms with Gasteiger partial charge in [-0.3, -0.25) is 4.79 Å². The molecule has 21 heavy (non-hydrogen) atoms. The molecule has 2 saturated carbocycles. The first-order chi connectivity index (χ1) is 10.0. The molecule has 3 unspecified atom stereocenters. The second-order valence-electron chi connectivity index (χ2n) is 7.02. The molecule has 5 atom stereocenters. The predicted molar refractivity (Wildman–Crippen MR) is 81.8 cm³/mol. The third-order valence-corrected chi connectivity index (χ3v) is 5.69. The molecule has 0 aromatic rings. The van der Waals surface area contributed by atoms with Gasteiger partial charge in [-0.1, -0.05) is 46.0 Å². The van der Waals surface area contributed by atoms with Crippen LogP contribution < -0.4 is 5.32 Å². The summed E-state index contributed by atoms with van der Waals surface area (Å²) in [7, 11) is 0. The quantitative estimate of drug-likeness (QED) is 0.818. The van der Waals surface area contributed by atoms with E-state index in [1.54, 1.807) is 0 Å². The Morgan fingerprint density at radius 1 is 1.14 bits per heavy atom. The Morgan fingerprint density at radius 3 is 2.43 bits per heavy atom. The van der Waals surface area contributed by atoms with Crippen LogP contribution in [0, 0.1) is 23.7 Å². The molecule has 0 bridgehead atoms. The smallest absolute Gasteiger partial charge is 0.326 e. The maximum Gasteiger partial charge on any atom is 0.326 e. The molecule has 2 aliphatic rings. The van der Waals surface area contributed by atoms with Crippen LogP contribution in [0.25, 0.3) is 0 Å². The highest BCUT2D eigenvalue weighted by atomic mass is 16.4. The summed E-state index contributed by atoms with van der Waals surface area (Å²) in [6.45, 7) is 3.84. The third-order valence-electron chi connectivity index (χ3n) is 5.69. The predicted octanol–water partition coefficient (Wildman–Crippen LogP) is 3.21. The summed E-state index contributed by atoms with van der Waals surface area (Å²) in [4.78, 5) is 23.8. The van der Waals surface area contributed by atoms with Crippen molar-refractivity contribution in [1.82, 2.24) is 5.32 Å². The van der Waals surface area contributed by atoms with Crippen molar-refractivity contribution in [2.45, 2.75) is 71.3 Å². The number of carboxylic acid groups (broad SMARTS) is 1. The van der Waals surface area contributed by atoms with Crippen LogP contribution >= 0.6 is 0 Å². The van der Waals surface area contributed by atoms with Crippen molar-refractivity contribution in [3.05, 3.63) is 0 Å². The lowest BCUT2D eigenvalue weighted by atomic mass is 9.67. The lowest BCUT2D eigenvalue weighted by Crippen LogP contribution is -2.48. The number of hydrogen-bond acceptors (Lipinski definition) is 2. The van der Waals surface area contributed by atoms with Crippen LogP contribution in [0.4, 0.5) is 0 Å². The van der Waals surface area contributed by atoms with E-state index in [9.17, 15) is 14.7 Å². The average Bonchev–Trinajstić information content (AvgIpc) is 2.50. The second-order valence-corrected chi connectivity index (χ2v) is 7.02. The van der Waals surface area contributed by atoms with E-state index in [0.29, 0.717) is 5.92 Å². The molecule has 2 fully saturated rings. The summed E-state index contributed by atoms with van der Waals surface area (Å²) >= 11 is 0. The van der Waals surface area contributed by atoms with E-state index < -0.39 is 12.0 Å². The van der Waals surface area contributed by atoms with Gasteiger partial charge in [-0.05, 0) is 37.0 Å². The fraction of sp³-hybridized carbons (Fsp3) is 0.882. The van der Waals surface area contributed by atoms with Crippen molar-refractivity contribution in [3.8, 4) is 0 Å². The van der Waals surface area contributed by atoms with Gasteiger partial charge in [-0.25, -0.2) is 4.79 Å². The minimum absolute atomic E-state index is 0.0234. The molecule has 0 radical (unpaired) electrons. The van der Waals surface area contributed by atoms with Crippen molar-refractivity contribution < 1.29 is 14.7 Å². The minimum atomic E-state index is -0.913. The molecule has 2 N–H and O–H groups in total. The topological polar surface area (TPSA) is 66.4 Å². The molecule has 120 valence electrons. The van der Waals surface area contributed by atoms with Gasteiger partial charge in [0.25, 0.3) is 0 Å². The van der Waals surface area contributed by atoms with Crippen LogP contribution in [0.1, 0.15) is 65.2 Å². The SMILES string of the molecule is CC[C@H](C)[C@H](NC(=O)C1CCC2CCCCC2C1)C(=O)O. The monoisotopic (exact) mass is 295 g/mol. The molecule has 0 saturated heterocycles. The van der Waals surface area contributed by atoms with Crippen LogP contribution in [-0.4, -0.2) is 23.0 Å². The molecule has 0 aromatic carbocycles. The molecule has 2 rings (SSSR count). The molecule has 0 heterocycles. The van der Waals surface area contributed by atoms with Crippen LogP contribution in [0.5, 0.6) is 0 Å². The van der Waals surface area contributed by atoms with Gasteiger partial charge in [-0.15, -0.1) is 0 Å². The Bertz CT molecular complexity index is 382. The van der Waals surface area contributed by atoms with E-state index in [0.717, 1.165) is 31.6 Å². The number of fused-ring (bicyclic) bond motifs is 1. The summed E-state index contributed by atoms with van der Waals surface area (Å²) in [5.74, 6) is 0.547. The zero-order chi connectivity index (χ0) is 15.4. The number of rotatable bonds is 5. The lowest BCUT2D eigenvalue weighted by Gasteiger charge is -2.39. The second kappa shape index (κ2) is 7.28. The highest BCUT2D eigenvalue weighted by molar-refractivity contribution is 5.85. The van der Waals surface area contributed by atoms with Crippen molar-refractivity contribution in [3.63, 3.8) is 0 Å².